The van der Waals surface area contributed by atoms with Gasteiger partial charge in [-0.25, -0.2) is 9.18 Å². The molecule has 3 amide bonds. The van der Waals surface area contributed by atoms with Crippen molar-refractivity contribution >= 4 is 30.0 Å². The van der Waals surface area contributed by atoms with Crippen LogP contribution in [-0.4, -0.2) is 61.8 Å². The first-order valence-electron chi connectivity index (χ1n) is 8.55. The minimum Gasteiger partial charge on any atom is -0.378 e. The second kappa shape index (κ2) is 9.70. The van der Waals surface area contributed by atoms with E-state index in [-0.39, 0.29) is 42.2 Å². The Hall–Kier alpha value is -1.90. The second-order valence-electron chi connectivity index (χ2n) is 6.29. The quantitative estimate of drug-likeness (QED) is 0.732. The van der Waals surface area contributed by atoms with Crippen molar-refractivity contribution in [2.75, 3.05) is 38.2 Å². The topological polar surface area (TPSA) is 82.7 Å². The molecule has 0 aromatic heterocycles. The standard InChI is InChI=1S/C17H23FN4O3.ClH/c18-12-1-3-13(4-2-12)20-17(24)21-14-5-8-22(9-6-14)16(23)15-11-25-10-7-19-15;/h1-4,14-15,19H,5-11H2,(H2,20,21,24);1H. The Bertz CT molecular complexity index is 603. The average Bonchev–Trinajstić information content (AvgIpc) is 2.64. The number of carbonyl (C=O) groups excluding carboxylic acids is 2. The summed E-state index contributed by atoms with van der Waals surface area (Å²) in [4.78, 5) is 26.2. The summed E-state index contributed by atoms with van der Waals surface area (Å²) in [5.74, 6) is -0.283. The van der Waals surface area contributed by atoms with E-state index < -0.39 is 0 Å². The monoisotopic (exact) mass is 386 g/mol. The first-order valence-corrected chi connectivity index (χ1v) is 8.55. The SMILES string of the molecule is Cl.O=C(Nc1ccc(F)cc1)NC1CCN(C(=O)C2COCCN2)CC1. The Morgan fingerprint density at radius 1 is 1.19 bits per heavy atom. The van der Waals surface area contributed by atoms with E-state index in [0.717, 1.165) is 0 Å². The molecule has 0 spiro atoms. The predicted molar refractivity (Wildman–Crippen MR) is 98.0 cm³/mol. The fourth-order valence-corrected chi connectivity index (χ4v) is 3.07. The lowest BCUT2D eigenvalue weighted by atomic mass is 10.0. The van der Waals surface area contributed by atoms with Gasteiger partial charge in [0.25, 0.3) is 0 Å². The molecule has 0 radical (unpaired) electrons. The number of urea groups is 1. The molecule has 144 valence electrons. The lowest BCUT2D eigenvalue weighted by molar-refractivity contribution is -0.137. The Labute approximate surface area is 158 Å². The van der Waals surface area contributed by atoms with Crippen molar-refractivity contribution < 1.29 is 18.7 Å². The van der Waals surface area contributed by atoms with Crippen LogP contribution in [0, 0.1) is 5.82 Å². The highest BCUT2D eigenvalue weighted by Gasteiger charge is 2.29. The van der Waals surface area contributed by atoms with Crippen LogP contribution in [-0.2, 0) is 9.53 Å². The van der Waals surface area contributed by atoms with Crippen LogP contribution in [0.15, 0.2) is 24.3 Å². The van der Waals surface area contributed by atoms with Gasteiger partial charge in [0.05, 0.1) is 13.2 Å². The number of anilines is 1. The van der Waals surface area contributed by atoms with Crippen LogP contribution in [0.1, 0.15) is 12.8 Å². The van der Waals surface area contributed by atoms with Crippen LogP contribution in [0.2, 0.25) is 0 Å². The van der Waals surface area contributed by atoms with Crippen LogP contribution in [0.3, 0.4) is 0 Å². The lowest BCUT2D eigenvalue weighted by Crippen LogP contribution is -2.55. The Morgan fingerprint density at radius 3 is 2.50 bits per heavy atom. The van der Waals surface area contributed by atoms with E-state index in [1.807, 2.05) is 4.90 Å². The summed E-state index contributed by atoms with van der Waals surface area (Å²) < 4.78 is 18.2. The van der Waals surface area contributed by atoms with Crippen molar-refractivity contribution in [3.05, 3.63) is 30.1 Å². The van der Waals surface area contributed by atoms with Crippen molar-refractivity contribution in [2.45, 2.75) is 24.9 Å². The lowest BCUT2D eigenvalue weighted by Gasteiger charge is -2.35. The molecule has 3 N–H and O–H groups in total. The largest absolute Gasteiger partial charge is 0.378 e. The third-order valence-electron chi connectivity index (χ3n) is 4.46. The van der Waals surface area contributed by atoms with Gasteiger partial charge < -0.3 is 25.6 Å². The zero-order valence-electron chi connectivity index (χ0n) is 14.4. The van der Waals surface area contributed by atoms with Gasteiger partial charge in [-0.15, -0.1) is 12.4 Å². The Morgan fingerprint density at radius 2 is 1.88 bits per heavy atom. The van der Waals surface area contributed by atoms with Crippen LogP contribution in [0.4, 0.5) is 14.9 Å². The number of hydrogen-bond donors (Lipinski definition) is 3. The molecule has 2 saturated heterocycles. The first kappa shape index (κ1) is 20.4. The molecule has 2 aliphatic heterocycles. The third kappa shape index (κ3) is 5.55. The zero-order valence-corrected chi connectivity index (χ0v) is 15.2. The van der Waals surface area contributed by atoms with Gasteiger partial charge in [-0.05, 0) is 37.1 Å². The van der Waals surface area contributed by atoms with Crippen molar-refractivity contribution in [1.82, 2.24) is 15.5 Å². The molecular formula is C17H24ClFN4O3. The normalized spacial score (nSPS) is 20.8. The van der Waals surface area contributed by atoms with Gasteiger partial charge in [0.15, 0.2) is 0 Å². The number of nitrogens with one attached hydrogen (secondary N) is 3. The molecule has 0 saturated carbocycles. The molecule has 2 heterocycles. The maximum Gasteiger partial charge on any atom is 0.319 e. The molecule has 0 bridgehead atoms. The molecule has 7 nitrogen and oxygen atoms in total. The van der Waals surface area contributed by atoms with Crippen molar-refractivity contribution in [3.63, 3.8) is 0 Å². The molecular weight excluding hydrogens is 363 g/mol. The highest BCUT2D eigenvalue weighted by atomic mass is 35.5. The number of ether oxygens (including phenoxy) is 1. The number of morpholine rings is 1. The minimum atomic E-state index is -0.346. The summed E-state index contributed by atoms with van der Waals surface area (Å²) in [7, 11) is 0. The van der Waals surface area contributed by atoms with Crippen LogP contribution in [0.25, 0.3) is 0 Å². The van der Waals surface area contributed by atoms with Gasteiger partial charge in [0.1, 0.15) is 11.9 Å². The fourth-order valence-electron chi connectivity index (χ4n) is 3.07. The Balaban J connectivity index is 0.00000243. The number of likely N-dealkylation sites (tertiary alicyclic amines) is 1. The molecule has 26 heavy (non-hydrogen) atoms. The van der Waals surface area contributed by atoms with Gasteiger partial charge in [-0.1, -0.05) is 0 Å². The summed E-state index contributed by atoms with van der Waals surface area (Å²) in [6, 6.07) is 5.04. The van der Waals surface area contributed by atoms with E-state index in [1.165, 1.54) is 24.3 Å². The third-order valence-corrected chi connectivity index (χ3v) is 4.46. The molecule has 1 atom stereocenters. The van der Waals surface area contributed by atoms with E-state index in [0.29, 0.717) is 51.4 Å². The summed E-state index contributed by atoms with van der Waals surface area (Å²) in [5.41, 5.74) is 0.537. The maximum atomic E-state index is 12.9. The molecule has 3 rings (SSSR count). The van der Waals surface area contributed by atoms with E-state index in [9.17, 15) is 14.0 Å². The van der Waals surface area contributed by atoms with Crippen LogP contribution >= 0.6 is 12.4 Å². The van der Waals surface area contributed by atoms with Crippen molar-refractivity contribution in [1.29, 1.82) is 0 Å². The number of carbonyl (C=O) groups is 2. The van der Waals surface area contributed by atoms with Crippen molar-refractivity contribution in [3.8, 4) is 0 Å². The number of nitrogens with zero attached hydrogens (tertiary/aromatic N) is 1. The zero-order chi connectivity index (χ0) is 17.6. The number of halogens is 2. The average molecular weight is 387 g/mol. The van der Waals surface area contributed by atoms with Crippen molar-refractivity contribution in [2.24, 2.45) is 0 Å². The highest BCUT2D eigenvalue weighted by molar-refractivity contribution is 5.89. The first-order chi connectivity index (χ1) is 12.1. The van der Waals surface area contributed by atoms with E-state index in [4.69, 9.17) is 4.74 Å². The minimum absolute atomic E-state index is 0. The van der Waals surface area contributed by atoms with Gasteiger partial charge in [-0.3, -0.25) is 4.79 Å². The maximum absolute atomic E-state index is 12.9. The molecule has 1 aromatic carbocycles. The molecule has 0 aliphatic carbocycles. The van der Waals surface area contributed by atoms with Gasteiger partial charge >= 0.3 is 6.03 Å². The van der Waals surface area contributed by atoms with E-state index in [1.54, 1.807) is 0 Å². The smallest absolute Gasteiger partial charge is 0.319 e. The van der Waals surface area contributed by atoms with E-state index in [2.05, 4.69) is 16.0 Å². The summed E-state index contributed by atoms with van der Waals surface area (Å²) in [6.45, 7) is 2.96. The predicted octanol–water partition coefficient (Wildman–Crippen LogP) is 1.35. The number of amides is 3. The van der Waals surface area contributed by atoms with E-state index >= 15 is 0 Å². The van der Waals surface area contributed by atoms with Crippen LogP contribution in [0.5, 0.6) is 0 Å². The number of hydrogen-bond acceptors (Lipinski definition) is 4. The molecule has 9 heteroatoms. The molecule has 1 unspecified atom stereocenters. The van der Waals surface area contributed by atoms with Gasteiger partial charge in [-0.2, -0.15) is 0 Å². The van der Waals surface area contributed by atoms with Gasteiger partial charge in [0, 0.05) is 31.4 Å². The molecule has 2 aliphatic rings. The molecule has 2 fully saturated rings. The van der Waals surface area contributed by atoms with Crippen LogP contribution < -0.4 is 16.0 Å². The Kier molecular flexibility index (Phi) is 7.62. The fraction of sp³-hybridized carbons (Fsp3) is 0.529. The summed E-state index contributed by atoms with van der Waals surface area (Å²) in [6.07, 6.45) is 1.41. The number of rotatable bonds is 3. The summed E-state index contributed by atoms with van der Waals surface area (Å²) in [5, 5.41) is 8.75. The number of piperidine rings is 1. The molecule has 1 aromatic rings. The summed E-state index contributed by atoms with van der Waals surface area (Å²) >= 11 is 0. The second-order valence-corrected chi connectivity index (χ2v) is 6.29. The highest BCUT2D eigenvalue weighted by Crippen LogP contribution is 2.13. The number of benzene rings is 1. The van der Waals surface area contributed by atoms with Gasteiger partial charge in [0.2, 0.25) is 5.91 Å².